The van der Waals surface area contributed by atoms with Crippen molar-refractivity contribution in [2.75, 3.05) is 0 Å². The average molecular weight is 923 g/mol. The van der Waals surface area contributed by atoms with E-state index in [-0.39, 0.29) is 0 Å². The Balaban J connectivity index is 1.14. The van der Waals surface area contributed by atoms with Gasteiger partial charge >= 0.3 is 0 Å². The van der Waals surface area contributed by atoms with Crippen molar-refractivity contribution in [1.82, 2.24) is 29.9 Å². The average Bonchev–Trinajstić information content (AvgIpc) is 3.84. The lowest BCUT2D eigenvalue weighted by molar-refractivity contribution is 1.08. The van der Waals surface area contributed by atoms with E-state index in [4.69, 9.17) is 29.9 Å². The summed E-state index contributed by atoms with van der Waals surface area (Å²) in [6, 6.07) is 80.4. The molecule has 0 aliphatic carbocycles. The largest absolute Gasteiger partial charge is 0.208 e. The molecule has 0 aliphatic rings. The van der Waals surface area contributed by atoms with Gasteiger partial charge < -0.3 is 0 Å². The van der Waals surface area contributed by atoms with E-state index in [1.807, 2.05) is 60.7 Å². The molecule has 0 spiro atoms. The van der Waals surface area contributed by atoms with Gasteiger partial charge in [0.1, 0.15) is 0 Å². The maximum atomic E-state index is 5.49. The van der Waals surface area contributed by atoms with E-state index in [0.717, 1.165) is 80.8 Å². The van der Waals surface area contributed by atoms with Gasteiger partial charge in [-0.3, -0.25) is 0 Å². The number of rotatable bonds is 7. The van der Waals surface area contributed by atoms with E-state index in [1.54, 1.807) is 11.3 Å². The van der Waals surface area contributed by atoms with Crippen LogP contribution in [0.2, 0.25) is 0 Å². The lowest BCUT2D eigenvalue weighted by Gasteiger charge is -2.16. The van der Waals surface area contributed by atoms with Crippen LogP contribution in [0.1, 0.15) is 0 Å². The number of hydrogen-bond acceptors (Lipinski definition) is 7. The smallest absolute Gasteiger partial charge is 0.165 e. The second-order valence-corrected chi connectivity index (χ2v) is 18.8. The minimum absolute atomic E-state index is 0.584. The third-order valence-corrected chi connectivity index (χ3v) is 14.7. The van der Waals surface area contributed by atoms with Crippen LogP contribution < -0.4 is 0 Å². The van der Waals surface area contributed by atoms with E-state index in [9.17, 15) is 0 Å². The van der Waals surface area contributed by atoms with Crippen LogP contribution in [0.3, 0.4) is 0 Å². The van der Waals surface area contributed by atoms with Gasteiger partial charge in [-0.15, -0.1) is 11.3 Å². The third kappa shape index (κ3) is 6.93. The summed E-state index contributed by atoms with van der Waals surface area (Å²) < 4.78 is 2.25. The van der Waals surface area contributed by atoms with Crippen molar-refractivity contribution in [2.45, 2.75) is 0 Å². The molecule has 0 N–H and O–H groups in total. The lowest BCUT2D eigenvalue weighted by atomic mass is 9.89. The van der Waals surface area contributed by atoms with Crippen LogP contribution >= 0.6 is 11.3 Å². The van der Waals surface area contributed by atoms with E-state index in [2.05, 4.69) is 170 Å². The Morgan fingerprint density at radius 1 is 0.254 bits per heavy atom. The van der Waals surface area contributed by atoms with Crippen molar-refractivity contribution >= 4 is 74.6 Å². The topological polar surface area (TPSA) is 77.3 Å². The highest BCUT2D eigenvalue weighted by molar-refractivity contribution is 7.27. The monoisotopic (exact) mass is 922 g/mol. The number of thiophene rings is 1. The summed E-state index contributed by atoms with van der Waals surface area (Å²) in [6.45, 7) is 0. The van der Waals surface area contributed by atoms with E-state index in [1.165, 1.54) is 26.9 Å². The van der Waals surface area contributed by atoms with Crippen molar-refractivity contribution in [3.63, 3.8) is 0 Å². The number of hydrogen-bond donors (Lipinski definition) is 0. The van der Waals surface area contributed by atoms with Crippen LogP contribution in [0.4, 0.5) is 0 Å². The summed E-state index contributed by atoms with van der Waals surface area (Å²) in [7, 11) is 0. The minimum atomic E-state index is 0.584. The Labute approximate surface area is 412 Å². The van der Waals surface area contributed by atoms with Gasteiger partial charge in [0, 0.05) is 58.9 Å². The van der Waals surface area contributed by atoms with Crippen molar-refractivity contribution < 1.29 is 0 Å². The van der Waals surface area contributed by atoms with Crippen molar-refractivity contribution in [3.05, 3.63) is 231 Å². The predicted molar refractivity (Wildman–Crippen MR) is 294 cm³/mol. The van der Waals surface area contributed by atoms with Crippen LogP contribution in [0.15, 0.2) is 231 Å². The molecule has 0 fully saturated rings. The van der Waals surface area contributed by atoms with Crippen molar-refractivity contribution in [1.29, 1.82) is 0 Å². The first-order valence-corrected chi connectivity index (χ1v) is 24.5. The zero-order chi connectivity index (χ0) is 46.8. The third-order valence-electron chi connectivity index (χ3n) is 13.5. The van der Waals surface area contributed by atoms with Gasteiger partial charge in [0.15, 0.2) is 34.9 Å². The van der Waals surface area contributed by atoms with Gasteiger partial charge in [-0.2, -0.15) is 0 Å². The first kappa shape index (κ1) is 40.7. The quantitative estimate of drug-likeness (QED) is 0.148. The van der Waals surface area contributed by atoms with Gasteiger partial charge in [-0.05, 0) is 61.0 Å². The zero-order valence-corrected chi connectivity index (χ0v) is 38.8. The minimum Gasteiger partial charge on any atom is -0.208 e. The molecule has 6 nitrogen and oxygen atoms in total. The molecule has 14 aromatic rings. The fraction of sp³-hybridized carbons (Fsp3) is 0. The van der Waals surface area contributed by atoms with Gasteiger partial charge in [0.2, 0.25) is 0 Å². The molecule has 71 heavy (non-hydrogen) atoms. The van der Waals surface area contributed by atoms with Crippen LogP contribution in [0.5, 0.6) is 0 Å². The van der Waals surface area contributed by atoms with E-state index in [0.29, 0.717) is 34.9 Å². The van der Waals surface area contributed by atoms with Crippen LogP contribution in [-0.4, -0.2) is 29.9 Å². The van der Waals surface area contributed by atoms with Gasteiger partial charge in [-0.25, -0.2) is 29.9 Å². The fourth-order valence-corrected chi connectivity index (χ4v) is 11.6. The maximum Gasteiger partial charge on any atom is 0.165 e. The van der Waals surface area contributed by atoms with Gasteiger partial charge in [0.05, 0.1) is 0 Å². The Hall–Kier alpha value is -9.30. The molecule has 0 amide bonds. The van der Waals surface area contributed by atoms with Gasteiger partial charge in [0.25, 0.3) is 0 Å². The molecule has 330 valence electrons. The van der Waals surface area contributed by atoms with Crippen LogP contribution in [0.25, 0.3) is 143 Å². The molecule has 3 heterocycles. The number of aromatic nitrogens is 6. The predicted octanol–water partition coefficient (Wildman–Crippen LogP) is 16.7. The molecule has 0 bridgehead atoms. The standard InChI is InChI=1S/C64H38N6S/c1-5-19-39(20-6-1)40-33-35-44(36-34-40)62-66-61(43-25-11-4-12-26-43)69-64(70-62)56-46-28-14-13-27-45(46)37-53-57(56)55-52(63-67-59(41-21-7-2-8-22-41)65-60(68-63)42-23-9-3-10-24-42)38-51-49-31-16-15-29-47(49)48-30-17-18-32-50(48)54(51)58(55)71-53/h1-38H. The molecule has 0 unspecified atom stereocenters. The molecule has 0 aliphatic heterocycles. The summed E-state index contributed by atoms with van der Waals surface area (Å²) in [5.41, 5.74) is 7.72. The first-order valence-electron chi connectivity index (χ1n) is 23.7. The lowest BCUT2D eigenvalue weighted by Crippen LogP contribution is -2.02. The summed E-state index contributed by atoms with van der Waals surface area (Å²) in [5, 5.41) is 11.3. The summed E-state index contributed by atoms with van der Waals surface area (Å²) >= 11 is 1.81. The number of fused-ring (bicyclic) bond motifs is 11. The number of benzene rings is 11. The second kappa shape index (κ2) is 16.7. The molecular weight excluding hydrogens is 885 g/mol. The summed E-state index contributed by atoms with van der Waals surface area (Å²) in [5.74, 6) is 3.56. The summed E-state index contributed by atoms with van der Waals surface area (Å²) in [4.78, 5) is 32.2. The zero-order valence-electron chi connectivity index (χ0n) is 38.0. The molecule has 14 rings (SSSR count). The normalized spacial score (nSPS) is 11.7. The van der Waals surface area contributed by atoms with Crippen LogP contribution in [-0.2, 0) is 0 Å². The maximum absolute atomic E-state index is 5.49. The molecule has 0 atom stereocenters. The molecule has 0 saturated heterocycles. The Bertz CT molecular complexity index is 4310. The molecule has 11 aromatic carbocycles. The molecule has 0 radical (unpaired) electrons. The molecule has 0 saturated carbocycles. The second-order valence-electron chi connectivity index (χ2n) is 17.7. The Morgan fingerprint density at radius 3 is 1.18 bits per heavy atom. The van der Waals surface area contributed by atoms with Crippen molar-refractivity contribution in [2.24, 2.45) is 0 Å². The van der Waals surface area contributed by atoms with E-state index >= 15 is 0 Å². The molecule has 7 heteroatoms. The van der Waals surface area contributed by atoms with Crippen molar-refractivity contribution in [3.8, 4) is 79.5 Å². The first-order chi connectivity index (χ1) is 35.2. The fourth-order valence-electron chi connectivity index (χ4n) is 10.3. The van der Waals surface area contributed by atoms with Crippen LogP contribution in [0, 0.1) is 0 Å². The Morgan fingerprint density at radius 2 is 0.634 bits per heavy atom. The molecular formula is C64H38N6S. The van der Waals surface area contributed by atoms with E-state index < -0.39 is 0 Å². The van der Waals surface area contributed by atoms with Gasteiger partial charge in [-0.1, -0.05) is 218 Å². The highest BCUT2D eigenvalue weighted by Crippen LogP contribution is 2.52. The SMILES string of the molecule is c1ccc(-c2ccc(-c3nc(-c4ccccc4)nc(-c4c5ccccc5cc5sc6c(c(-c7nc(-c8ccccc8)nc(-c8ccccc8)n7)cc7c8ccccc8c8ccccc8c76)c45)n3)cc2)cc1. The highest BCUT2D eigenvalue weighted by atomic mass is 32.1. The highest BCUT2D eigenvalue weighted by Gasteiger charge is 2.26. The summed E-state index contributed by atoms with van der Waals surface area (Å²) in [6.07, 6.45) is 0. The number of nitrogens with zero attached hydrogens (tertiary/aromatic N) is 6. The molecule has 3 aromatic heterocycles. The Kier molecular flexibility index (Phi) is 9.60.